The van der Waals surface area contributed by atoms with Crippen molar-refractivity contribution in [2.75, 3.05) is 19.6 Å². The third-order valence-electron chi connectivity index (χ3n) is 5.29. The molecule has 2 heteroatoms. The number of likely N-dealkylation sites (tertiary alicyclic amines) is 1. The summed E-state index contributed by atoms with van der Waals surface area (Å²) in [6.45, 7) is 10.4. The Labute approximate surface area is 121 Å². The molecule has 1 fully saturated rings. The van der Waals surface area contributed by atoms with Crippen molar-refractivity contribution in [1.82, 2.24) is 4.90 Å². The van der Waals surface area contributed by atoms with E-state index in [1.54, 1.807) is 0 Å². The van der Waals surface area contributed by atoms with E-state index in [1.807, 2.05) is 0 Å². The summed E-state index contributed by atoms with van der Waals surface area (Å²) in [7, 11) is 0. The topological polar surface area (TPSA) is 29.3 Å². The van der Waals surface area contributed by atoms with Gasteiger partial charge in [-0.05, 0) is 37.8 Å². The number of unbranched alkanes of at least 4 members (excludes halogenated alkanes) is 4. The summed E-state index contributed by atoms with van der Waals surface area (Å²) in [6, 6.07) is 0.642. The molecule has 2 N–H and O–H groups in total. The van der Waals surface area contributed by atoms with E-state index in [9.17, 15) is 0 Å². The Morgan fingerprint density at radius 1 is 1.05 bits per heavy atom. The van der Waals surface area contributed by atoms with Crippen LogP contribution in [0.4, 0.5) is 0 Å². The summed E-state index contributed by atoms with van der Waals surface area (Å²) in [4.78, 5) is 2.66. The van der Waals surface area contributed by atoms with Crippen LogP contribution in [-0.4, -0.2) is 30.6 Å². The van der Waals surface area contributed by atoms with Gasteiger partial charge in [0.15, 0.2) is 0 Å². The van der Waals surface area contributed by atoms with E-state index in [1.165, 1.54) is 70.9 Å². The molecule has 1 atom stereocenters. The first-order valence-electron chi connectivity index (χ1n) is 8.59. The second kappa shape index (κ2) is 8.97. The highest BCUT2D eigenvalue weighted by Crippen LogP contribution is 2.34. The predicted octanol–water partition coefficient (Wildman–Crippen LogP) is 4.19. The van der Waals surface area contributed by atoms with Crippen LogP contribution in [-0.2, 0) is 0 Å². The van der Waals surface area contributed by atoms with Crippen LogP contribution in [0.5, 0.6) is 0 Å². The van der Waals surface area contributed by atoms with Gasteiger partial charge in [0.2, 0.25) is 0 Å². The number of rotatable bonds is 9. The maximum atomic E-state index is 6.00. The molecule has 0 radical (unpaired) electrons. The Morgan fingerprint density at radius 3 is 2.21 bits per heavy atom. The summed E-state index contributed by atoms with van der Waals surface area (Å²) in [5.41, 5.74) is 6.60. The van der Waals surface area contributed by atoms with E-state index in [0.717, 1.165) is 6.54 Å². The zero-order valence-corrected chi connectivity index (χ0v) is 13.6. The molecule has 0 aromatic heterocycles. The van der Waals surface area contributed by atoms with Crippen LogP contribution in [0.25, 0.3) is 0 Å². The molecule has 114 valence electrons. The minimum absolute atomic E-state index is 0.594. The van der Waals surface area contributed by atoms with Gasteiger partial charge >= 0.3 is 0 Å². The Morgan fingerprint density at radius 2 is 1.68 bits per heavy atom. The van der Waals surface area contributed by atoms with Gasteiger partial charge in [-0.15, -0.1) is 0 Å². The van der Waals surface area contributed by atoms with Gasteiger partial charge in [0.25, 0.3) is 0 Å². The monoisotopic (exact) mass is 268 g/mol. The average molecular weight is 268 g/mol. The van der Waals surface area contributed by atoms with E-state index in [2.05, 4.69) is 25.7 Å². The third-order valence-corrected chi connectivity index (χ3v) is 5.29. The van der Waals surface area contributed by atoms with Gasteiger partial charge in [-0.2, -0.15) is 0 Å². The summed E-state index contributed by atoms with van der Waals surface area (Å²) < 4.78 is 0. The van der Waals surface area contributed by atoms with Crippen molar-refractivity contribution in [3.63, 3.8) is 0 Å². The van der Waals surface area contributed by atoms with E-state index < -0.39 is 0 Å². The summed E-state index contributed by atoms with van der Waals surface area (Å²) in [5, 5.41) is 0. The molecule has 1 aliphatic rings. The molecule has 0 saturated carbocycles. The number of nitrogens with zero attached hydrogens (tertiary/aromatic N) is 1. The van der Waals surface area contributed by atoms with Crippen LogP contribution in [0.15, 0.2) is 0 Å². The van der Waals surface area contributed by atoms with Gasteiger partial charge in [0, 0.05) is 12.6 Å². The van der Waals surface area contributed by atoms with Crippen molar-refractivity contribution < 1.29 is 0 Å². The molecule has 0 bridgehead atoms. The molecule has 1 aliphatic heterocycles. The lowest BCUT2D eigenvalue weighted by Gasteiger charge is -2.42. The molecular weight excluding hydrogens is 232 g/mol. The largest absolute Gasteiger partial charge is 0.329 e. The van der Waals surface area contributed by atoms with Gasteiger partial charge in [-0.25, -0.2) is 0 Å². The highest BCUT2D eigenvalue weighted by molar-refractivity contribution is 4.84. The van der Waals surface area contributed by atoms with Crippen LogP contribution in [0.1, 0.15) is 78.6 Å². The molecule has 1 unspecified atom stereocenters. The number of nitrogens with two attached hydrogens (primary N) is 1. The van der Waals surface area contributed by atoms with Gasteiger partial charge in [-0.1, -0.05) is 59.3 Å². The number of hydrogen-bond donors (Lipinski definition) is 1. The summed E-state index contributed by atoms with van der Waals surface area (Å²) >= 11 is 0. The minimum Gasteiger partial charge on any atom is -0.329 e. The van der Waals surface area contributed by atoms with Crippen molar-refractivity contribution in [1.29, 1.82) is 0 Å². The van der Waals surface area contributed by atoms with Crippen molar-refractivity contribution >= 4 is 0 Å². The second-order valence-electron chi connectivity index (χ2n) is 6.79. The van der Waals surface area contributed by atoms with Crippen molar-refractivity contribution in [3.8, 4) is 0 Å². The van der Waals surface area contributed by atoms with Gasteiger partial charge in [-0.3, -0.25) is 4.90 Å². The van der Waals surface area contributed by atoms with E-state index in [4.69, 9.17) is 5.73 Å². The maximum absolute atomic E-state index is 6.00. The Kier molecular flexibility index (Phi) is 8.01. The molecule has 1 rings (SSSR count). The third kappa shape index (κ3) is 5.83. The van der Waals surface area contributed by atoms with Gasteiger partial charge in [0.1, 0.15) is 0 Å². The lowest BCUT2D eigenvalue weighted by atomic mass is 9.78. The Hall–Kier alpha value is -0.0800. The fourth-order valence-corrected chi connectivity index (χ4v) is 3.22. The lowest BCUT2D eigenvalue weighted by Crippen LogP contribution is -2.47. The van der Waals surface area contributed by atoms with E-state index in [-0.39, 0.29) is 0 Å². The second-order valence-corrected chi connectivity index (χ2v) is 6.79. The van der Waals surface area contributed by atoms with E-state index in [0.29, 0.717) is 11.5 Å². The first-order chi connectivity index (χ1) is 9.15. The predicted molar refractivity (Wildman–Crippen MR) is 85.4 cm³/mol. The Balaban J connectivity index is 2.24. The zero-order chi connectivity index (χ0) is 14.1. The zero-order valence-electron chi connectivity index (χ0n) is 13.6. The molecule has 0 amide bonds. The molecule has 2 nitrogen and oxygen atoms in total. The van der Waals surface area contributed by atoms with Gasteiger partial charge < -0.3 is 5.73 Å². The molecule has 19 heavy (non-hydrogen) atoms. The minimum atomic E-state index is 0.594. The maximum Gasteiger partial charge on any atom is 0.0218 e. The molecule has 0 aromatic rings. The average Bonchev–Trinajstić information content (AvgIpc) is 2.44. The molecular formula is C17H36N2. The van der Waals surface area contributed by atoms with Gasteiger partial charge in [0.05, 0.1) is 0 Å². The van der Waals surface area contributed by atoms with Crippen molar-refractivity contribution in [2.24, 2.45) is 11.1 Å². The van der Waals surface area contributed by atoms with Crippen LogP contribution in [0.2, 0.25) is 0 Å². The van der Waals surface area contributed by atoms with Crippen LogP contribution < -0.4 is 5.73 Å². The fraction of sp³-hybridized carbons (Fsp3) is 1.00. The van der Waals surface area contributed by atoms with Crippen LogP contribution in [0.3, 0.4) is 0 Å². The normalized spacial score (nSPS) is 21.5. The summed E-state index contributed by atoms with van der Waals surface area (Å²) in [5.74, 6) is 0. The molecule has 1 heterocycles. The molecule has 1 saturated heterocycles. The van der Waals surface area contributed by atoms with E-state index >= 15 is 0 Å². The van der Waals surface area contributed by atoms with Crippen molar-refractivity contribution in [3.05, 3.63) is 0 Å². The standard InChI is InChI=1S/C17H36N2/c1-4-6-7-8-9-10-16(15-18)19-13-11-17(3,5-2)12-14-19/h16H,4-15,18H2,1-3H3. The molecule has 0 spiro atoms. The highest BCUT2D eigenvalue weighted by atomic mass is 15.2. The van der Waals surface area contributed by atoms with Crippen LogP contribution >= 0.6 is 0 Å². The quantitative estimate of drug-likeness (QED) is 0.635. The highest BCUT2D eigenvalue weighted by Gasteiger charge is 2.30. The number of piperidine rings is 1. The fourth-order valence-electron chi connectivity index (χ4n) is 3.22. The first-order valence-corrected chi connectivity index (χ1v) is 8.59. The van der Waals surface area contributed by atoms with Crippen molar-refractivity contribution in [2.45, 2.75) is 84.6 Å². The Bertz CT molecular complexity index is 219. The molecule has 0 aliphatic carbocycles. The first kappa shape index (κ1) is 17.0. The summed E-state index contributed by atoms with van der Waals surface area (Å²) in [6.07, 6.45) is 12.2. The number of hydrogen-bond acceptors (Lipinski definition) is 2. The smallest absolute Gasteiger partial charge is 0.0218 e. The lowest BCUT2D eigenvalue weighted by molar-refractivity contribution is 0.0788. The van der Waals surface area contributed by atoms with Crippen LogP contribution in [0, 0.1) is 5.41 Å². The SMILES string of the molecule is CCCCCCCC(CN)N1CCC(C)(CC)CC1. The molecule has 0 aromatic carbocycles.